The molecular formula is C27H38N6O2. The van der Waals surface area contributed by atoms with Crippen molar-refractivity contribution in [2.45, 2.75) is 63.3 Å². The maximum absolute atomic E-state index is 11.8. The van der Waals surface area contributed by atoms with Crippen molar-refractivity contribution >= 4 is 17.5 Å². The number of piperazine rings is 1. The highest BCUT2D eigenvalue weighted by atomic mass is 16.3. The Balaban J connectivity index is 1.34. The van der Waals surface area contributed by atoms with Gasteiger partial charge in [0.25, 0.3) is 0 Å². The molecule has 2 saturated carbocycles. The largest absolute Gasteiger partial charge is 0.393 e. The van der Waals surface area contributed by atoms with Gasteiger partial charge in [0, 0.05) is 61.8 Å². The van der Waals surface area contributed by atoms with Crippen LogP contribution in [0.2, 0.25) is 0 Å². The molecule has 8 heteroatoms. The Morgan fingerprint density at radius 3 is 2.49 bits per heavy atom. The smallest absolute Gasteiger partial charge is 0.224 e. The molecule has 2 aromatic rings. The molecule has 1 atom stereocenters. The summed E-state index contributed by atoms with van der Waals surface area (Å²) >= 11 is 0. The summed E-state index contributed by atoms with van der Waals surface area (Å²) in [5.74, 6) is 2.30. The molecule has 35 heavy (non-hydrogen) atoms. The molecule has 4 aliphatic rings. The summed E-state index contributed by atoms with van der Waals surface area (Å²) in [6.07, 6.45) is 7.97. The summed E-state index contributed by atoms with van der Waals surface area (Å²) in [5, 5.41) is 25.3. The van der Waals surface area contributed by atoms with Crippen molar-refractivity contribution in [1.29, 1.82) is 0 Å². The molecule has 1 unspecified atom stereocenters. The van der Waals surface area contributed by atoms with Crippen LogP contribution in [0.25, 0.3) is 11.1 Å². The molecule has 0 spiro atoms. The van der Waals surface area contributed by atoms with Crippen LogP contribution < -0.4 is 15.1 Å². The summed E-state index contributed by atoms with van der Waals surface area (Å²) in [5.41, 5.74) is 4.09. The van der Waals surface area contributed by atoms with E-state index in [0.717, 1.165) is 98.9 Å². The zero-order chi connectivity index (χ0) is 23.9. The van der Waals surface area contributed by atoms with Crippen LogP contribution in [-0.2, 0) is 0 Å². The average molecular weight is 479 g/mol. The van der Waals surface area contributed by atoms with Gasteiger partial charge in [-0.2, -0.15) is 4.98 Å². The highest BCUT2D eigenvalue weighted by Gasteiger charge is 2.38. The minimum absolute atomic E-state index is 0.141. The molecule has 0 amide bonds. The molecule has 3 N–H and O–H groups in total. The van der Waals surface area contributed by atoms with Gasteiger partial charge in [-0.25, -0.2) is 4.98 Å². The van der Waals surface area contributed by atoms with Crippen LogP contribution in [0.5, 0.6) is 0 Å². The SMILES string of the molecule is CN1CCN(c2ccc3c(c2)C(O)N(C2CCC(O)CC2)c2nc(NCCC4CC4)ncc2-3)CC1. The standard InChI is InChI=1S/C27H38N6O2/c1-31-12-14-32(15-13-31)20-6-9-22-23(16-20)26(35)33(19-4-7-21(34)8-5-19)25-24(22)17-29-27(30-25)28-11-10-18-2-3-18/h6,9,16-19,21,26,34-35H,2-5,7-8,10-15H2,1H3,(H,28,29,30). The molecule has 188 valence electrons. The highest BCUT2D eigenvalue weighted by molar-refractivity contribution is 5.83. The van der Waals surface area contributed by atoms with Crippen molar-refractivity contribution in [1.82, 2.24) is 14.9 Å². The first-order valence-electron chi connectivity index (χ1n) is 13.4. The second kappa shape index (κ2) is 9.56. The minimum Gasteiger partial charge on any atom is -0.393 e. The van der Waals surface area contributed by atoms with Crippen LogP contribution in [0.15, 0.2) is 24.4 Å². The lowest BCUT2D eigenvalue weighted by Crippen LogP contribution is -2.45. The quantitative estimate of drug-likeness (QED) is 0.583. The molecule has 1 aromatic heterocycles. The zero-order valence-electron chi connectivity index (χ0n) is 20.7. The maximum Gasteiger partial charge on any atom is 0.224 e. The minimum atomic E-state index is -0.764. The summed E-state index contributed by atoms with van der Waals surface area (Å²) in [6, 6.07) is 6.62. The molecule has 0 radical (unpaired) electrons. The van der Waals surface area contributed by atoms with E-state index < -0.39 is 6.23 Å². The van der Waals surface area contributed by atoms with E-state index in [1.807, 2.05) is 6.20 Å². The third-order valence-corrected chi connectivity index (χ3v) is 8.34. The van der Waals surface area contributed by atoms with Crippen molar-refractivity contribution < 1.29 is 10.2 Å². The number of nitrogens with zero attached hydrogens (tertiary/aromatic N) is 5. The third kappa shape index (κ3) is 4.71. The molecule has 8 nitrogen and oxygen atoms in total. The van der Waals surface area contributed by atoms with Crippen molar-refractivity contribution in [3.05, 3.63) is 30.0 Å². The fourth-order valence-electron chi connectivity index (χ4n) is 5.88. The first-order valence-corrected chi connectivity index (χ1v) is 13.4. The predicted molar refractivity (Wildman–Crippen MR) is 139 cm³/mol. The van der Waals surface area contributed by atoms with Crippen molar-refractivity contribution in [2.24, 2.45) is 5.92 Å². The van der Waals surface area contributed by atoms with Gasteiger partial charge in [0.05, 0.1) is 6.10 Å². The summed E-state index contributed by atoms with van der Waals surface area (Å²) < 4.78 is 0. The fourth-order valence-corrected chi connectivity index (χ4v) is 5.88. The number of hydrogen-bond acceptors (Lipinski definition) is 8. The maximum atomic E-state index is 11.8. The van der Waals surface area contributed by atoms with E-state index in [2.05, 4.69) is 50.2 Å². The lowest BCUT2D eigenvalue weighted by Gasteiger charge is -2.43. The van der Waals surface area contributed by atoms with Gasteiger partial charge in [-0.1, -0.05) is 18.9 Å². The molecule has 1 saturated heterocycles. The Labute approximate surface area is 208 Å². The van der Waals surface area contributed by atoms with Gasteiger partial charge in [-0.05, 0) is 62.8 Å². The first-order chi connectivity index (χ1) is 17.1. The number of rotatable bonds is 6. The van der Waals surface area contributed by atoms with Crippen LogP contribution in [0.3, 0.4) is 0 Å². The average Bonchev–Trinajstić information content (AvgIpc) is 3.70. The number of nitrogens with one attached hydrogen (secondary N) is 1. The van der Waals surface area contributed by atoms with E-state index in [0.29, 0.717) is 5.95 Å². The Bertz CT molecular complexity index is 1040. The lowest BCUT2D eigenvalue weighted by atomic mass is 9.88. The number of likely N-dealkylation sites (N-methyl/N-ethyl adjacent to an activating group) is 1. The lowest BCUT2D eigenvalue weighted by molar-refractivity contribution is 0.101. The van der Waals surface area contributed by atoms with Crippen molar-refractivity contribution in [3.8, 4) is 11.1 Å². The molecule has 0 bridgehead atoms. The Hall–Kier alpha value is -2.42. The Morgan fingerprint density at radius 2 is 1.74 bits per heavy atom. The normalized spacial score (nSPS) is 26.9. The van der Waals surface area contributed by atoms with E-state index in [-0.39, 0.29) is 12.1 Å². The van der Waals surface area contributed by atoms with Crippen LogP contribution in [0, 0.1) is 5.92 Å². The van der Waals surface area contributed by atoms with Gasteiger partial charge in [0.2, 0.25) is 5.95 Å². The fraction of sp³-hybridized carbons (Fsp3) is 0.630. The van der Waals surface area contributed by atoms with E-state index in [1.54, 1.807) is 0 Å². The summed E-state index contributed by atoms with van der Waals surface area (Å²) in [4.78, 5) is 16.5. The van der Waals surface area contributed by atoms with Crippen LogP contribution >= 0.6 is 0 Å². The second-order valence-corrected chi connectivity index (χ2v) is 10.9. The summed E-state index contributed by atoms with van der Waals surface area (Å²) in [6.45, 7) is 4.95. The van der Waals surface area contributed by atoms with Crippen LogP contribution in [0.1, 0.15) is 56.7 Å². The number of benzene rings is 1. The molecule has 6 rings (SSSR count). The molecule has 3 fully saturated rings. The first kappa shape index (κ1) is 23.0. The van der Waals surface area contributed by atoms with E-state index in [1.165, 1.54) is 12.8 Å². The van der Waals surface area contributed by atoms with Crippen LogP contribution in [-0.4, -0.2) is 77.0 Å². The van der Waals surface area contributed by atoms with Crippen molar-refractivity contribution in [2.75, 3.05) is 54.9 Å². The number of aliphatic hydroxyl groups excluding tert-OH is 2. The van der Waals surface area contributed by atoms with E-state index >= 15 is 0 Å². The third-order valence-electron chi connectivity index (χ3n) is 8.34. The van der Waals surface area contributed by atoms with E-state index in [4.69, 9.17) is 4.98 Å². The monoisotopic (exact) mass is 478 g/mol. The van der Waals surface area contributed by atoms with Gasteiger partial charge >= 0.3 is 0 Å². The molecule has 1 aromatic carbocycles. The van der Waals surface area contributed by atoms with Gasteiger partial charge in [0.15, 0.2) is 6.23 Å². The Kier molecular flexibility index (Phi) is 6.28. The molecule has 2 aliphatic carbocycles. The van der Waals surface area contributed by atoms with E-state index in [9.17, 15) is 10.2 Å². The number of anilines is 3. The Morgan fingerprint density at radius 1 is 0.971 bits per heavy atom. The highest BCUT2D eigenvalue weighted by Crippen LogP contribution is 2.46. The predicted octanol–water partition coefficient (Wildman–Crippen LogP) is 3.22. The summed E-state index contributed by atoms with van der Waals surface area (Å²) in [7, 11) is 2.17. The van der Waals surface area contributed by atoms with Crippen LogP contribution in [0.4, 0.5) is 17.5 Å². The number of fused-ring (bicyclic) bond motifs is 3. The topological polar surface area (TPSA) is 88.0 Å². The van der Waals surface area contributed by atoms with Gasteiger partial charge < -0.3 is 30.2 Å². The van der Waals surface area contributed by atoms with Gasteiger partial charge in [0.1, 0.15) is 5.82 Å². The van der Waals surface area contributed by atoms with Gasteiger partial charge in [-0.15, -0.1) is 0 Å². The number of aromatic nitrogens is 2. The zero-order valence-corrected chi connectivity index (χ0v) is 20.7. The van der Waals surface area contributed by atoms with Gasteiger partial charge in [-0.3, -0.25) is 0 Å². The van der Waals surface area contributed by atoms with Crippen molar-refractivity contribution in [3.63, 3.8) is 0 Å². The number of hydrogen-bond donors (Lipinski definition) is 3. The number of aliphatic hydroxyl groups is 2. The molecular weight excluding hydrogens is 440 g/mol. The second-order valence-electron chi connectivity index (χ2n) is 10.9. The molecule has 3 heterocycles. The molecule has 2 aliphatic heterocycles.